The van der Waals surface area contributed by atoms with E-state index in [1.165, 1.54) is 11.8 Å². The Bertz CT molecular complexity index is 778. The van der Waals surface area contributed by atoms with E-state index in [-0.39, 0.29) is 11.2 Å². The molecule has 6 nitrogen and oxygen atoms in total. The zero-order chi connectivity index (χ0) is 19.2. The van der Waals surface area contributed by atoms with Crippen molar-refractivity contribution in [3.63, 3.8) is 0 Å². The predicted octanol–water partition coefficient (Wildman–Crippen LogP) is 2.71. The van der Waals surface area contributed by atoms with Gasteiger partial charge in [-0.2, -0.15) is 0 Å². The normalized spacial score (nSPS) is 16.6. The minimum absolute atomic E-state index is 0.0473. The zero-order valence-electron chi connectivity index (χ0n) is 16.3. The molecular formula is C20H28N4O2S. The second-order valence-electron chi connectivity index (χ2n) is 7.25. The molecule has 146 valence electrons. The molecule has 0 spiro atoms. The van der Waals surface area contributed by atoms with Crippen LogP contribution in [0.15, 0.2) is 29.3 Å². The molecule has 2 aromatic rings. The average molecular weight is 389 g/mol. The number of ether oxygens (including phenoxy) is 1. The van der Waals surface area contributed by atoms with Crippen molar-refractivity contribution in [2.75, 3.05) is 32.8 Å². The summed E-state index contributed by atoms with van der Waals surface area (Å²) in [6.45, 7) is 10.8. The van der Waals surface area contributed by atoms with Gasteiger partial charge in [-0.1, -0.05) is 43.8 Å². The predicted molar refractivity (Wildman–Crippen MR) is 109 cm³/mol. The van der Waals surface area contributed by atoms with E-state index in [9.17, 15) is 4.79 Å². The molecule has 1 fully saturated rings. The number of nitrogens with zero attached hydrogens (tertiary/aromatic N) is 3. The lowest BCUT2D eigenvalue weighted by Crippen LogP contribution is -2.36. The highest BCUT2D eigenvalue weighted by Crippen LogP contribution is 2.29. The van der Waals surface area contributed by atoms with Crippen LogP contribution in [0.2, 0.25) is 0 Å². The summed E-state index contributed by atoms with van der Waals surface area (Å²) in [6.07, 6.45) is 0. The van der Waals surface area contributed by atoms with E-state index < -0.39 is 0 Å². The van der Waals surface area contributed by atoms with Crippen LogP contribution in [-0.4, -0.2) is 58.9 Å². The van der Waals surface area contributed by atoms with E-state index in [0.717, 1.165) is 48.1 Å². The maximum atomic E-state index is 12.4. The summed E-state index contributed by atoms with van der Waals surface area (Å²) in [5.74, 6) is 1.28. The molecule has 7 heteroatoms. The molecular weight excluding hydrogens is 360 g/mol. The lowest BCUT2D eigenvalue weighted by atomic mass is 10.2. The van der Waals surface area contributed by atoms with E-state index in [4.69, 9.17) is 14.7 Å². The Morgan fingerprint density at radius 1 is 1.22 bits per heavy atom. The second-order valence-corrected chi connectivity index (χ2v) is 8.58. The van der Waals surface area contributed by atoms with Crippen molar-refractivity contribution >= 4 is 28.6 Å². The fraction of sp³-hybridized carbons (Fsp3) is 0.550. The number of fused-ring (bicyclic) bond motifs is 1. The molecule has 0 saturated carbocycles. The number of morpholine rings is 1. The fourth-order valence-corrected chi connectivity index (χ4v) is 3.87. The number of thioether (sulfide) groups is 1. The minimum Gasteiger partial charge on any atom is -0.379 e. The third kappa shape index (κ3) is 5.64. The maximum absolute atomic E-state index is 12.4. The molecule has 1 aromatic heterocycles. The fourth-order valence-electron chi connectivity index (χ4n) is 2.88. The van der Waals surface area contributed by atoms with E-state index in [1.54, 1.807) is 0 Å². The van der Waals surface area contributed by atoms with Crippen molar-refractivity contribution in [2.24, 2.45) is 5.92 Å². The van der Waals surface area contributed by atoms with Crippen molar-refractivity contribution in [3.8, 4) is 0 Å². The Morgan fingerprint density at radius 3 is 2.70 bits per heavy atom. The first-order valence-corrected chi connectivity index (χ1v) is 10.4. The summed E-state index contributed by atoms with van der Waals surface area (Å²) in [5, 5.41) is 4.66. The van der Waals surface area contributed by atoms with E-state index >= 15 is 0 Å². The molecule has 1 aliphatic rings. The number of aromatic nitrogens is 2. The third-order valence-corrected chi connectivity index (χ3v) is 5.53. The Hall–Kier alpha value is -1.70. The summed E-state index contributed by atoms with van der Waals surface area (Å²) < 4.78 is 5.42. The smallest absolute Gasteiger partial charge is 0.233 e. The molecule has 0 bridgehead atoms. The number of benzene rings is 1. The summed E-state index contributed by atoms with van der Waals surface area (Å²) in [4.78, 5) is 24.2. The number of rotatable bonds is 7. The Morgan fingerprint density at radius 2 is 1.96 bits per heavy atom. The summed E-state index contributed by atoms with van der Waals surface area (Å²) in [5.41, 5.74) is 0.924. The van der Waals surface area contributed by atoms with Gasteiger partial charge in [0, 0.05) is 25.0 Å². The number of para-hydroxylation sites is 1. The van der Waals surface area contributed by atoms with Crippen LogP contribution < -0.4 is 5.32 Å². The number of hydrogen-bond donors (Lipinski definition) is 1. The SMILES string of the molecule is CC(C)CNC(=O)C(C)Sc1nc(CN2CCOCC2)nc2ccccc12. The van der Waals surface area contributed by atoms with Gasteiger partial charge in [0.15, 0.2) is 0 Å². The van der Waals surface area contributed by atoms with Crippen molar-refractivity contribution in [1.82, 2.24) is 20.2 Å². The van der Waals surface area contributed by atoms with E-state index in [1.807, 2.05) is 31.2 Å². The van der Waals surface area contributed by atoms with Crippen LogP contribution >= 0.6 is 11.8 Å². The van der Waals surface area contributed by atoms with Gasteiger partial charge in [0.25, 0.3) is 0 Å². The molecule has 2 heterocycles. The van der Waals surface area contributed by atoms with Crippen LogP contribution in [0.25, 0.3) is 10.9 Å². The first-order chi connectivity index (χ1) is 13.0. The Labute approximate surface area is 165 Å². The largest absolute Gasteiger partial charge is 0.379 e. The van der Waals surface area contributed by atoms with Crippen LogP contribution in [0.5, 0.6) is 0 Å². The van der Waals surface area contributed by atoms with Crippen molar-refractivity contribution < 1.29 is 9.53 Å². The van der Waals surface area contributed by atoms with Crippen LogP contribution in [0.4, 0.5) is 0 Å². The standard InChI is InChI=1S/C20H28N4O2S/c1-14(2)12-21-19(25)15(3)27-20-16-6-4-5-7-17(16)22-18(23-20)13-24-8-10-26-11-9-24/h4-7,14-15H,8-13H2,1-3H3,(H,21,25). The topological polar surface area (TPSA) is 67.4 Å². The van der Waals surface area contributed by atoms with Gasteiger partial charge in [0.2, 0.25) is 5.91 Å². The van der Waals surface area contributed by atoms with Gasteiger partial charge in [-0.05, 0) is 18.9 Å². The molecule has 1 unspecified atom stereocenters. The molecule has 1 aliphatic heterocycles. The highest BCUT2D eigenvalue weighted by Gasteiger charge is 2.19. The van der Waals surface area contributed by atoms with Gasteiger partial charge in [-0.3, -0.25) is 9.69 Å². The molecule has 3 rings (SSSR count). The molecule has 1 aromatic carbocycles. The number of carbonyl (C=O) groups excluding carboxylic acids is 1. The van der Waals surface area contributed by atoms with E-state index in [2.05, 4.69) is 24.1 Å². The molecule has 0 radical (unpaired) electrons. The highest BCUT2D eigenvalue weighted by molar-refractivity contribution is 8.00. The van der Waals surface area contributed by atoms with Gasteiger partial charge in [-0.15, -0.1) is 0 Å². The van der Waals surface area contributed by atoms with Gasteiger partial charge in [0.05, 0.1) is 30.5 Å². The molecule has 0 aliphatic carbocycles. The zero-order valence-corrected chi connectivity index (χ0v) is 17.1. The monoisotopic (exact) mass is 388 g/mol. The van der Waals surface area contributed by atoms with Crippen molar-refractivity contribution in [1.29, 1.82) is 0 Å². The van der Waals surface area contributed by atoms with Crippen LogP contribution in [0, 0.1) is 5.92 Å². The number of amides is 1. The second kappa shape index (κ2) is 9.48. The minimum atomic E-state index is -0.210. The van der Waals surface area contributed by atoms with Crippen LogP contribution in [-0.2, 0) is 16.1 Å². The molecule has 27 heavy (non-hydrogen) atoms. The van der Waals surface area contributed by atoms with Gasteiger partial charge in [0.1, 0.15) is 10.9 Å². The molecule has 1 amide bonds. The summed E-state index contributed by atoms with van der Waals surface area (Å²) in [6, 6.07) is 8.00. The van der Waals surface area contributed by atoms with Crippen molar-refractivity contribution in [3.05, 3.63) is 30.1 Å². The lowest BCUT2D eigenvalue weighted by Gasteiger charge is -2.26. The molecule has 1 saturated heterocycles. The quantitative estimate of drug-likeness (QED) is 0.581. The number of nitrogens with one attached hydrogen (secondary N) is 1. The summed E-state index contributed by atoms with van der Waals surface area (Å²) >= 11 is 1.50. The highest BCUT2D eigenvalue weighted by atomic mass is 32.2. The van der Waals surface area contributed by atoms with Crippen LogP contribution in [0.1, 0.15) is 26.6 Å². The third-order valence-electron chi connectivity index (χ3n) is 4.43. The van der Waals surface area contributed by atoms with Crippen molar-refractivity contribution in [2.45, 2.75) is 37.6 Å². The Kier molecular flexibility index (Phi) is 7.04. The Balaban J connectivity index is 1.78. The first kappa shape index (κ1) is 20.0. The maximum Gasteiger partial charge on any atom is 0.233 e. The average Bonchev–Trinajstić information content (AvgIpc) is 2.66. The number of hydrogen-bond acceptors (Lipinski definition) is 6. The van der Waals surface area contributed by atoms with Gasteiger partial charge in [-0.25, -0.2) is 9.97 Å². The van der Waals surface area contributed by atoms with E-state index in [0.29, 0.717) is 19.0 Å². The molecule has 1 atom stereocenters. The van der Waals surface area contributed by atoms with Gasteiger partial charge >= 0.3 is 0 Å². The molecule has 1 N–H and O–H groups in total. The first-order valence-electron chi connectivity index (χ1n) is 9.53. The number of carbonyl (C=O) groups is 1. The van der Waals surface area contributed by atoms with Crippen LogP contribution in [0.3, 0.4) is 0 Å². The van der Waals surface area contributed by atoms with Gasteiger partial charge < -0.3 is 10.1 Å². The lowest BCUT2D eigenvalue weighted by molar-refractivity contribution is -0.120. The summed E-state index contributed by atoms with van der Waals surface area (Å²) in [7, 11) is 0.